The Morgan fingerprint density at radius 1 is 1.33 bits per heavy atom. The Kier molecular flexibility index (Phi) is 3.17. The molecule has 1 fully saturated rings. The molecule has 80 valence electrons. The molecule has 2 nitrogen and oxygen atoms in total. The second kappa shape index (κ2) is 4.58. The molecule has 0 N–H and O–H groups in total. The topological polar surface area (TPSA) is 29.6 Å². The monoisotopic (exact) mass is 204 g/mol. The van der Waals surface area contributed by atoms with Gasteiger partial charge in [0.15, 0.2) is 5.78 Å². The van der Waals surface area contributed by atoms with Gasteiger partial charge >= 0.3 is 0 Å². The van der Waals surface area contributed by atoms with E-state index in [0.717, 1.165) is 24.8 Å². The van der Waals surface area contributed by atoms with Gasteiger partial charge in [-0.15, -0.1) is 0 Å². The summed E-state index contributed by atoms with van der Waals surface area (Å²) in [7, 11) is 0. The third-order valence-corrected chi connectivity index (χ3v) is 2.74. The van der Waals surface area contributed by atoms with Gasteiger partial charge in [0.1, 0.15) is 6.10 Å². The fourth-order valence-electron chi connectivity index (χ4n) is 1.76. The van der Waals surface area contributed by atoms with E-state index in [9.17, 15) is 4.79 Å². The number of carbonyl (C=O) groups is 1. The van der Waals surface area contributed by atoms with Crippen LogP contribution in [-0.2, 0) is 4.74 Å². The number of epoxide rings is 1. The van der Waals surface area contributed by atoms with Crippen molar-refractivity contribution in [1.82, 2.24) is 0 Å². The maximum atomic E-state index is 11.9. The Balaban J connectivity index is 1.89. The van der Waals surface area contributed by atoms with Crippen LogP contribution in [0.5, 0.6) is 0 Å². The third-order valence-electron chi connectivity index (χ3n) is 2.74. The zero-order valence-corrected chi connectivity index (χ0v) is 8.98. The van der Waals surface area contributed by atoms with Crippen LogP contribution in [-0.4, -0.2) is 18.0 Å². The van der Waals surface area contributed by atoms with E-state index >= 15 is 0 Å². The standard InChI is InChI=1S/C13H16O2/c1-2-3-9-11-13(15-11)12(14)10-7-5-4-6-8-10/h4-8,11,13H,2-3,9H2,1H3/t11-,13+/m1/s1. The lowest BCUT2D eigenvalue weighted by Crippen LogP contribution is -2.10. The summed E-state index contributed by atoms with van der Waals surface area (Å²) >= 11 is 0. The van der Waals surface area contributed by atoms with E-state index < -0.39 is 0 Å². The Hall–Kier alpha value is -1.15. The van der Waals surface area contributed by atoms with Crippen LogP contribution in [0.4, 0.5) is 0 Å². The molecule has 0 saturated carbocycles. The number of rotatable bonds is 5. The molecule has 15 heavy (non-hydrogen) atoms. The Labute approximate surface area is 90.3 Å². The molecule has 2 atom stereocenters. The molecule has 1 aliphatic rings. The van der Waals surface area contributed by atoms with Crippen molar-refractivity contribution in [3.8, 4) is 0 Å². The van der Waals surface area contributed by atoms with Crippen LogP contribution < -0.4 is 0 Å². The minimum atomic E-state index is -0.168. The van der Waals surface area contributed by atoms with E-state index in [1.54, 1.807) is 0 Å². The number of benzene rings is 1. The minimum absolute atomic E-state index is 0.136. The maximum Gasteiger partial charge on any atom is 0.194 e. The third kappa shape index (κ3) is 2.45. The van der Waals surface area contributed by atoms with Crippen LogP contribution in [0.1, 0.15) is 36.5 Å². The molecule has 0 bridgehead atoms. The van der Waals surface area contributed by atoms with Gasteiger partial charge in [-0.25, -0.2) is 0 Å². The number of hydrogen-bond donors (Lipinski definition) is 0. The van der Waals surface area contributed by atoms with Crippen LogP contribution >= 0.6 is 0 Å². The van der Waals surface area contributed by atoms with Crippen molar-refractivity contribution in [3.63, 3.8) is 0 Å². The van der Waals surface area contributed by atoms with E-state index in [0.29, 0.717) is 0 Å². The van der Waals surface area contributed by atoms with E-state index in [2.05, 4.69) is 6.92 Å². The molecule has 0 radical (unpaired) electrons. The largest absolute Gasteiger partial charge is 0.361 e. The highest BCUT2D eigenvalue weighted by Crippen LogP contribution is 2.30. The van der Waals surface area contributed by atoms with Crippen molar-refractivity contribution >= 4 is 5.78 Å². The molecular weight excluding hydrogens is 188 g/mol. The quantitative estimate of drug-likeness (QED) is 0.545. The molecule has 2 heteroatoms. The van der Waals surface area contributed by atoms with Gasteiger partial charge in [0, 0.05) is 5.56 Å². The van der Waals surface area contributed by atoms with Gasteiger partial charge in [0.2, 0.25) is 0 Å². The number of ketones is 1. The second-order valence-electron chi connectivity index (χ2n) is 3.97. The first-order valence-electron chi connectivity index (χ1n) is 5.57. The zero-order chi connectivity index (χ0) is 10.7. The zero-order valence-electron chi connectivity index (χ0n) is 8.98. The smallest absolute Gasteiger partial charge is 0.194 e. The fourth-order valence-corrected chi connectivity index (χ4v) is 1.76. The number of Topliss-reactive ketones (excluding diaryl/α,β-unsaturated/α-hetero) is 1. The molecule has 0 aliphatic carbocycles. The van der Waals surface area contributed by atoms with Crippen molar-refractivity contribution < 1.29 is 9.53 Å². The number of ether oxygens (including phenoxy) is 1. The van der Waals surface area contributed by atoms with Gasteiger partial charge in [-0.05, 0) is 6.42 Å². The molecule has 1 heterocycles. The molecule has 1 saturated heterocycles. The molecule has 0 aromatic heterocycles. The number of carbonyl (C=O) groups excluding carboxylic acids is 1. The molecular formula is C13H16O2. The van der Waals surface area contributed by atoms with E-state index in [1.807, 2.05) is 30.3 Å². The number of hydrogen-bond acceptors (Lipinski definition) is 2. The number of unbranched alkanes of at least 4 members (excludes halogenated alkanes) is 1. The van der Waals surface area contributed by atoms with Crippen LogP contribution in [0.15, 0.2) is 30.3 Å². The first-order valence-corrected chi connectivity index (χ1v) is 5.57. The van der Waals surface area contributed by atoms with Gasteiger partial charge in [-0.1, -0.05) is 50.1 Å². The predicted octanol–water partition coefficient (Wildman–Crippen LogP) is 2.83. The Morgan fingerprint density at radius 3 is 2.73 bits per heavy atom. The van der Waals surface area contributed by atoms with Crippen molar-refractivity contribution in [3.05, 3.63) is 35.9 Å². The lowest BCUT2D eigenvalue weighted by molar-refractivity contribution is 0.0953. The van der Waals surface area contributed by atoms with Crippen LogP contribution in [0, 0.1) is 0 Å². The van der Waals surface area contributed by atoms with Gasteiger partial charge < -0.3 is 4.74 Å². The van der Waals surface area contributed by atoms with Gasteiger partial charge in [-0.3, -0.25) is 4.79 Å². The molecule has 0 unspecified atom stereocenters. The summed E-state index contributed by atoms with van der Waals surface area (Å²) in [6, 6.07) is 9.38. The first kappa shape index (κ1) is 10.4. The van der Waals surface area contributed by atoms with Crippen molar-refractivity contribution in [2.75, 3.05) is 0 Å². The summed E-state index contributed by atoms with van der Waals surface area (Å²) in [6.45, 7) is 2.15. The van der Waals surface area contributed by atoms with E-state index in [-0.39, 0.29) is 18.0 Å². The molecule has 0 amide bonds. The summed E-state index contributed by atoms with van der Waals surface area (Å²) in [5.74, 6) is 0.136. The highest BCUT2D eigenvalue weighted by atomic mass is 16.6. The molecule has 0 spiro atoms. The highest BCUT2D eigenvalue weighted by Gasteiger charge is 2.44. The minimum Gasteiger partial charge on any atom is -0.361 e. The molecule has 1 aromatic rings. The summed E-state index contributed by atoms with van der Waals surface area (Å²) in [5, 5.41) is 0. The average molecular weight is 204 g/mol. The van der Waals surface area contributed by atoms with Crippen molar-refractivity contribution in [1.29, 1.82) is 0 Å². The lowest BCUT2D eigenvalue weighted by Gasteiger charge is -1.96. The van der Waals surface area contributed by atoms with Gasteiger partial charge in [-0.2, -0.15) is 0 Å². The maximum absolute atomic E-state index is 11.9. The summed E-state index contributed by atoms with van der Waals surface area (Å²) < 4.78 is 5.39. The fraction of sp³-hybridized carbons (Fsp3) is 0.462. The van der Waals surface area contributed by atoms with Crippen molar-refractivity contribution in [2.24, 2.45) is 0 Å². The Morgan fingerprint density at radius 2 is 2.07 bits per heavy atom. The normalized spacial score (nSPS) is 23.8. The summed E-state index contributed by atoms with van der Waals surface area (Å²) in [5.41, 5.74) is 0.765. The SMILES string of the molecule is CCCC[C@H]1O[C@@H]1C(=O)c1ccccc1. The highest BCUT2D eigenvalue weighted by molar-refractivity contribution is 6.01. The van der Waals surface area contributed by atoms with Gasteiger partial charge in [0.25, 0.3) is 0 Å². The van der Waals surface area contributed by atoms with Crippen LogP contribution in [0.3, 0.4) is 0 Å². The van der Waals surface area contributed by atoms with Crippen LogP contribution in [0.2, 0.25) is 0 Å². The predicted molar refractivity (Wildman–Crippen MR) is 59.0 cm³/mol. The molecule has 1 aromatic carbocycles. The Bertz CT molecular complexity index is 332. The average Bonchev–Trinajstić information content (AvgIpc) is 3.06. The second-order valence-corrected chi connectivity index (χ2v) is 3.97. The molecule has 1 aliphatic heterocycles. The summed E-state index contributed by atoms with van der Waals surface area (Å²) in [6.07, 6.45) is 3.33. The van der Waals surface area contributed by atoms with Gasteiger partial charge in [0.05, 0.1) is 6.10 Å². The van der Waals surface area contributed by atoms with Crippen LogP contribution in [0.25, 0.3) is 0 Å². The van der Waals surface area contributed by atoms with Crippen molar-refractivity contribution in [2.45, 2.75) is 38.4 Å². The summed E-state index contributed by atoms with van der Waals surface area (Å²) in [4.78, 5) is 11.9. The molecule has 2 rings (SSSR count). The van der Waals surface area contributed by atoms with E-state index in [4.69, 9.17) is 4.74 Å². The van der Waals surface area contributed by atoms with E-state index in [1.165, 1.54) is 0 Å². The first-order chi connectivity index (χ1) is 7.33. The lowest BCUT2D eigenvalue weighted by atomic mass is 10.0.